The van der Waals surface area contributed by atoms with E-state index in [4.69, 9.17) is 4.74 Å². The van der Waals surface area contributed by atoms with E-state index >= 15 is 0 Å². The van der Waals surface area contributed by atoms with Crippen LogP contribution in [0.4, 0.5) is 0 Å². The van der Waals surface area contributed by atoms with Crippen molar-refractivity contribution in [2.75, 3.05) is 27.2 Å². The lowest BCUT2D eigenvalue weighted by Crippen LogP contribution is -2.32. The van der Waals surface area contributed by atoms with Crippen molar-refractivity contribution in [2.24, 2.45) is 0 Å². The minimum absolute atomic E-state index is 0.128. The zero-order valence-corrected chi connectivity index (χ0v) is 10.2. The standard InChI is InChI=1S/C10H19NO2S/c1-10(2,9(12)13-4)14-8-5-6-11(3)7-8/h8H,5-7H2,1-4H3. The Kier molecular flexibility index (Phi) is 3.84. The average Bonchev–Trinajstić information content (AvgIpc) is 2.48. The molecule has 1 unspecified atom stereocenters. The van der Waals surface area contributed by atoms with Crippen LogP contribution in [0.5, 0.6) is 0 Å². The van der Waals surface area contributed by atoms with Crippen LogP contribution in [-0.4, -0.2) is 48.1 Å². The van der Waals surface area contributed by atoms with E-state index in [1.807, 2.05) is 13.8 Å². The van der Waals surface area contributed by atoms with Crippen molar-refractivity contribution in [3.8, 4) is 0 Å². The third-order valence-electron chi connectivity index (χ3n) is 2.49. The van der Waals surface area contributed by atoms with Crippen LogP contribution in [0.2, 0.25) is 0 Å². The van der Waals surface area contributed by atoms with Gasteiger partial charge in [-0.3, -0.25) is 4.79 Å². The van der Waals surface area contributed by atoms with E-state index in [9.17, 15) is 4.79 Å². The number of likely N-dealkylation sites (tertiary alicyclic amines) is 1. The van der Waals surface area contributed by atoms with Gasteiger partial charge in [-0.15, -0.1) is 11.8 Å². The highest BCUT2D eigenvalue weighted by molar-refractivity contribution is 8.02. The largest absolute Gasteiger partial charge is 0.468 e. The van der Waals surface area contributed by atoms with Gasteiger partial charge in [0.05, 0.1) is 7.11 Å². The van der Waals surface area contributed by atoms with E-state index in [0.717, 1.165) is 13.1 Å². The van der Waals surface area contributed by atoms with Crippen molar-refractivity contribution in [2.45, 2.75) is 30.3 Å². The topological polar surface area (TPSA) is 29.5 Å². The first-order valence-electron chi connectivity index (χ1n) is 4.90. The van der Waals surface area contributed by atoms with Crippen molar-refractivity contribution in [1.82, 2.24) is 4.90 Å². The molecule has 1 fully saturated rings. The molecule has 1 aliphatic heterocycles. The fourth-order valence-electron chi connectivity index (χ4n) is 1.70. The van der Waals surface area contributed by atoms with Gasteiger partial charge < -0.3 is 9.64 Å². The lowest BCUT2D eigenvalue weighted by atomic mass is 10.2. The SMILES string of the molecule is COC(=O)C(C)(C)SC1CCN(C)C1. The maximum absolute atomic E-state index is 11.4. The molecule has 1 saturated heterocycles. The molecule has 4 heteroatoms. The van der Waals surface area contributed by atoms with Gasteiger partial charge in [-0.25, -0.2) is 0 Å². The lowest BCUT2D eigenvalue weighted by Gasteiger charge is -2.24. The summed E-state index contributed by atoms with van der Waals surface area (Å²) in [5.41, 5.74) is 0. The van der Waals surface area contributed by atoms with Gasteiger partial charge in [-0.1, -0.05) is 0 Å². The Balaban J connectivity index is 2.46. The van der Waals surface area contributed by atoms with E-state index in [0.29, 0.717) is 5.25 Å². The van der Waals surface area contributed by atoms with Gasteiger partial charge in [0, 0.05) is 11.8 Å². The predicted octanol–water partition coefficient (Wildman–Crippen LogP) is 1.38. The summed E-state index contributed by atoms with van der Waals surface area (Å²) >= 11 is 1.73. The molecule has 0 aliphatic carbocycles. The highest BCUT2D eigenvalue weighted by atomic mass is 32.2. The molecule has 82 valence electrons. The van der Waals surface area contributed by atoms with Crippen LogP contribution in [0.25, 0.3) is 0 Å². The van der Waals surface area contributed by atoms with E-state index in [-0.39, 0.29) is 5.97 Å². The molecular formula is C10H19NO2S. The zero-order valence-electron chi connectivity index (χ0n) is 9.37. The van der Waals surface area contributed by atoms with Crippen LogP contribution in [-0.2, 0) is 9.53 Å². The molecule has 0 aromatic rings. The van der Waals surface area contributed by atoms with Crippen LogP contribution < -0.4 is 0 Å². The number of methoxy groups -OCH3 is 1. The Labute approximate surface area is 90.2 Å². The average molecular weight is 217 g/mol. The monoisotopic (exact) mass is 217 g/mol. The molecule has 1 rings (SSSR count). The first-order valence-corrected chi connectivity index (χ1v) is 5.78. The fraction of sp³-hybridized carbons (Fsp3) is 0.900. The second-order valence-electron chi connectivity index (χ2n) is 4.29. The predicted molar refractivity (Wildman–Crippen MR) is 59.6 cm³/mol. The molecule has 0 aromatic carbocycles. The van der Waals surface area contributed by atoms with Gasteiger partial charge in [-0.2, -0.15) is 0 Å². The summed E-state index contributed by atoms with van der Waals surface area (Å²) in [4.78, 5) is 13.7. The molecule has 1 heterocycles. The molecule has 0 radical (unpaired) electrons. The minimum atomic E-state index is -0.412. The molecule has 0 amide bonds. The molecular weight excluding hydrogens is 198 g/mol. The molecule has 3 nitrogen and oxygen atoms in total. The summed E-state index contributed by atoms with van der Waals surface area (Å²) in [5, 5.41) is 0.564. The number of carbonyl (C=O) groups excluding carboxylic acids is 1. The Morgan fingerprint density at radius 3 is 2.64 bits per heavy atom. The third kappa shape index (κ3) is 2.89. The Hall–Kier alpha value is -0.220. The first-order chi connectivity index (χ1) is 6.45. The van der Waals surface area contributed by atoms with Crippen molar-refractivity contribution in [3.05, 3.63) is 0 Å². The normalized spacial score (nSPS) is 23.9. The number of carbonyl (C=O) groups is 1. The van der Waals surface area contributed by atoms with Crippen LogP contribution in [0.3, 0.4) is 0 Å². The maximum atomic E-state index is 11.4. The van der Waals surface area contributed by atoms with Gasteiger partial charge >= 0.3 is 5.97 Å². The number of hydrogen-bond donors (Lipinski definition) is 0. The number of nitrogens with zero attached hydrogens (tertiary/aromatic N) is 1. The smallest absolute Gasteiger partial charge is 0.321 e. The minimum Gasteiger partial charge on any atom is -0.468 e. The molecule has 0 saturated carbocycles. The molecule has 1 aliphatic rings. The summed E-state index contributed by atoms with van der Waals surface area (Å²) in [6.07, 6.45) is 1.17. The Bertz CT molecular complexity index is 218. The van der Waals surface area contributed by atoms with E-state index in [2.05, 4.69) is 11.9 Å². The highest BCUT2D eigenvalue weighted by Crippen LogP contribution is 2.34. The summed E-state index contributed by atoms with van der Waals surface area (Å²) in [7, 11) is 3.57. The summed E-state index contributed by atoms with van der Waals surface area (Å²) in [6.45, 7) is 6.07. The van der Waals surface area contributed by atoms with E-state index in [1.165, 1.54) is 13.5 Å². The molecule has 14 heavy (non-hydrogen) atoms. The van der Waals surface area contributed by atoms with Crippen molar-refractivity contribution in [1.29, 1.82) is 0 Å². The van der Waals surface area contributed by atoms with Crippen molar-refractivity contribution >= 4 is 17.7 Å². The van der Waals surface area contributed by atoms with Gasteiger partial charge in [-0.05, 0) is 33.9 Å². The molecule has 0 bridgehead atoms. The first kappa shape index (κ1) is 11.9. The quantitative estimate of drug-likeness (QED) is 0.668. The molecule has 0 N–H and O–H groups in total. The number of ether oxygens (including phenoxy) is 1. The lowest BCUT2D eigenvalue weighted by molar-refractivity contribution is -0.142. The molecule has 1 atom stereocenters. The van der Waals surface area contributed by atoms with Gasteiger partial charge in [0.2, 0.25) is 0 Å². The Morgan fingerprint density at radius 1 is 1.57 bits per heavy atom. The van der Waals surface area contributed by atoms with Crippen molar-refractivity contribution < 1.29 is 9.53 Å². The van der Waals surface area contributed by atoms with Crippen LogP contribution >= 0.6 is 11.8 Å². The van der Waals surface area contributed by atoms with Crippen LogP contribution in [0.1, 0.15) is 20.3 Å². The van der Waals surface area contributed by atoms with Gasteiger partial charge in [0.1, 0.15) is 4.75 Å². The Morgan fingerprint density at radius 2 is 2.21 bits per heavy atom. The van der Waals surface area contributed by atoms with E-state index in [1.54, 1.807) is 11.8 Å². The van der Waals surface area contributed by atoms with Gasteiger partial charge in [0.25, 0.3) is 0 Å². The molecule has 0 aromatic heterocycles. The summed E-state index contributed by atoms with van der Waals surface area (Å²) in [5.74, 6) is -0.128. The number of thioether (sulfide) groups is 1. The molecule has 0 spiro atoms. The highest BCUT2D eigenvalue weighted by Gasteiger charge is 2.34. The number of esters is 1. The summed E-state index contributed by atoms with van der Waals surface area (Å²) in [6, 6.07) is 0. The second kappa shape index (κ2) is 4.53. The third-order valence-corrected chi connectivity index (χ3v) is 3.96. The number of hydrogen-bond acceptors (Lipinski definition) is 4. The van der Waals surface area contributed by atoms with Gasteiger partial charge in [0.15, 0.2) is 0 Å². The maximum Gasteiger partial charge on any atom is 0.321 e. The van der Waals surface area contributed by atoms with Crippen LogP contribution in [0, 0.1) is 0 Å². The fourth-order valence-corrected chi connectivity index (χ4v) is 3.27. The summed E-state index contributed by atoms with van der Waals surface area (Å²) < 4.78 is 4.37. The second-order valence-corrected chi connectivity index (χ2v) is 6.22. The van der Waals surface area contributed by atoms with E-state index < -0.39 is 4.75 Å². The van der Waals surface area contributed by atoms with Crippen molar-refractivity contribution in [3.63, 3.8) is 0 Å². The zero-order chi connectivity index (χ0) is 10.8. The van der Waals surface area contributed by atoms with Crippen LogP contribution in [0.15, 0.2) is 0 Å². The number of rotatable bonds is 3.